The molecule has 0 radical (unpaired) electrons. The molecule has 1 aliphatic rings. The summed E-state index contributed by atoms with van der Waals surface area (Å²) >= 11 is 0. The Bertz CT molecular complexity index is 456. The van der Waals surface area contributed by atoms with E-state index >= 15 is 0 Å². The van der Waals surface area contributed by atoms with E-state index in [0.717, 1.165) is 16.8 Å². The number of rotatable bonds is 3. The summed E-state index contributed by atoms with van der Waals surface area (Å²) in [6, 6.07) is 0. The van der Waals surface area contributed by atoms with E-state index in [9.17, 15) is 4.79 Å². The molecule has 2 heterocycles. The number of esters is 1. The first kappa shape index (κ1) is 10.7. The number of hydrogen-bond acceptors (Lipinski definition) is 5. The third-order valence-corrected chi connectivity index (χ3v) is 2.39. The maximum absolute atomic E-state index is 11.5. The lowest BCUT2D eigenvalue weighted by Gasteiger charge is -2.06. The van der Waals surface area contributed by atoms with Crippen LogP contribution in [0.5, 0.6) is 0 Å². The molecule has 6 heteroatoms. The third-order valence-electron chi connectivity index (χ3n) is 2.39. The van der Waals surface area contributed by atoms with Crippen molar-refractivity contribution in [1.82, 2.24) is 10.3 Å². The van der Waals surface area contributed by atoms with Crippen molar-refractivity contribution in [1.29, 1.82) is 0 Å². The second-order valence-electron chi connectivity index (χ2n) is 3.39. The van der Waals surface area contributed by atoms with Crippen molar-refractivity contribution in [2.75, 3.05) is 14.2 Å². The molecule has 6 nitrogen and oxygen atoms in total. The number of carbonyl (C=O) groups excluding carboxylic acids is 1. The summed E-state index contributed by atoms with van der Waals surface area (Å²) < 4.78 is 4.67. The Kier molecular flexibility index (Phi) is 2.93. The maximum atomic E-state index is 11.5. The first-order valence-corrected chi connectivity index (χ1v) is 4.89. The summed E-state index contributed by atoms with van der Waals surface area (Å²) in [4.78, 5) is 15.6. The lowest BCUT2D eigenvalue weighted by molar-refractivity contribution is -0.573. The molecule has 0 unspecified atom stereocenters. The van der Waals surface area contributed by atoms with E-state index in [2.05, 4.69) is 20.1 Å². The van der Waals surface area contributed by atoms with Crippen molar-refractivity contribution in [3.05, 3.63) is 23.0 Å². The van der Waals surface area contributed by atoms with Crippen molar-refractivity contribution in [2.24, 2.45) is 5.10 Å². The average molecular weight is 221 g/mol. The largest absolute Gasteiger partial charge is 0.464 e. The number of ether oxygens (including phenoxy) is 1. The highest BCUT2D eigenvalue weighted by atomic mass is 16.5. The van der Waals surface area contributed by atoms with Crippen LogP contribution in [-0.4, -0.2) is 31.3 Å². The predicted octanol–water partition coefficient (Wildman–Crippen LogP) is -0.870. The van der Waals surface area contributed by atoms with E-state index in [1.807, 2.05) is 7.05 Å². The highest BCUT2D eigenvalue weighted by Gasteiger charge is 2.25. The number of nitrogens with zero attached hydrogens (tertiary/aromatic N) is 2. The molecule has 0 saturated carbocycles. The van der Waals surface area contributed by atoms with Crippen LogP contribution < -0.4 is 10.7 Å². The van der Waals surface area contributed by atoms with Crippen molar-refractivity contribution < 1.29 is 15.0 Å². The first-order chi connectivity index (χ1) is 7.77. The molecule has 1 aliphatic heterocycles. The summed E-state index contributed by atoms with van der Waals surface area (Å²) in [5.41, 5.74) is 4.73. The molecule has 0 aromatic carbocycles. The number of methoxy groups -OCH3 is 1. The van der Waals surface area contributed by atoms with Gasteiger partial charge in [-0.25, -0.2) is 9.78 Å². The van der Waals surface area contributed by atoms with Crippen LogP contribution >= 0.6 is 0 Å². The van der Waals surface area contributed by atoms with Gasteiger partial charge in [0.05, 0.1) is 18.9 Å². The Morgan fingerprint density at radius 3 is 3.12 bits per heavy atom. The van der Waals surface area contributed by atoms with E-state index in [-0.39, 0.29) is 0 Å². The topological polar surface area (TPSA) is 80.2 Å². The van der Waals surface area contributed by atoms with Gasteiger partial charge in [0.2, 0.25) is 0 Å². The Balaban J connectivity index is 2.47. The number of pyridine rings is 1. The van der Waals surface area contributed by atoms with Crippen LogP contribution in [0.4, 0.5) is 5.69 Å². The predicted molar refractivity (Wildman–Crippen MR) is 57.5 cm³/mol. The molecule has 0 bridgehead atoms. The molecule has 16 heavy (non-hydrogen) atoms. The molecular weight excluding hydrogens is 208 g/mol. The van der Waals surface area contributed by atoms with Crippen LogP contribution in [0.25, 0.3) is 0 Å². The Morgan fingerprint density at radius 2 is 2.44 bits per heavy atom. The van der Waals surface area contributed by atoms with E-state index in [0.29, 0.717) is 12.2 Å². The molecular formula is C10H13N4O2+. The number of nitrogens with two attached hydrogens (primary N) is 1. The fraction of sp³-hybridized carbons (Fsp3) is 0.300. The number of quaternary nitrogens is 1. The van der Waals surface area contributed by atoms with Crippen molar-refractivity contribution >= 4 is 17.9 Å². The summed E-state index contributed by atoms with van der Waals surface area (Å²) in [7, 11) is 3.20. The van der Waals surface area contributed by atoms with Gasteiger partial charge in [-0.2, -0.15) is 5.43 Å². The highest BCUT2D eigenvalue weighted by Crippen LogP contribution is 2.20. The maximum Gasteiger partial charge on any atom is 0.357 e. The molecule has 0 aliphatic carbocycles. The van der Waals surface area contributed by atoms with E-state index in [1.54, 1.807) is 17.8 Å². The standard InChI is InChI=1S/C10H12N4O2/c1-11-3-6-4-12-9(10(15)16-2)7-5-13-14-8(6)7/h4-5,11H,3H2,1-2H3,(H,13,14)/p+1. The smallest absolute Gasteiger partial charge is 0.357 e. The van der Waals surface area contributed by atoms with Crippen molar-refractivity contribution in [3.63, 3.8) is 0 Å². The van der Waals surface area contributed by atoms with Crippen LogP contribution in [0.3, 0.4) is 0 Å². The minimum absolute atomic E-state index is 0.315. The van der Waals surface area contributed by atoms with Gasteiger partial charge in [-0.1, -0.05) is 5.10 Å². The summed E-state index contributed by atoms with van der Waals surface area (Å²) in [6.45, 7) is 0.691. The zero-order valence-electron chi connectivity index (χ0n) is 9.15. The fourth-order valence-electron chi connectivity index (χ4n) is 1.64. The number of hydrogen-bond donors (Lipinski definition) is 2. The average Bonchev–Trinajstić information content (AvgIpc) is 2.78. The zero-order chi connectivity index (χ0) is 11.5. The van der Waals surface area contributed by atoms with Gasteiger partial charge in [0, 0.05) is 18.3 Å². The Hall–Kier alpha value is -1.79. The zero-order valence-corrected chi connectivity index (χ0v) is 9.15. The number of nitrogens with one attached hydrogen (secondary N) is 1. The van der Waals surface area contributed by atoms with E-state index in [4.69, 9.17) is 0 Å². The first-order valence-electron chi connectivity index (χ1n) is 4.89. The van der Waals surface area contributed by atoms with Gasteiger partial charge in [0.15, 0.2) is 11.4 Å². The van der Waals surface area contributed by atoms with E-state index in [1.165, 1.54) is 7.11 Å². The minimum Gasteiger partial charge on any atom is -0.464 e. The summed E-state index contributed by atoms with van der Waals surface area (Å²) in [5, 5.41) is 7.09. The molecule has 1 aromatic rings. The van der Waals surface area contributed by atoms with Crippen LogP contribution in [-0.2, 0) is 11.3 Å². The van der Waals surface area contributed by atoms with Gasteiger partial charge in [-0.05, 0) is 7.05 Å². The lowest BCUT2D eigenvalue weighted by atomic mass is 10.1. The van der Waals surface area contributed by atoms with Crippen LogP contribution in [0.2, 0.25) is 0 Å². The van der Waals surface area contributed by atoms with Gasteiger partial charge in [0.1, 0.15) is 0 Å². The number of fused-ring (bicyclic) bond motifs is 1. The van der Waals surface area contributed by atoms with Gasteiger partial charge in [0.25, 0.3) is 0 Å². The van der Waals surface area contributed by atoms with Crippen molar-refractivity contribution in [2.45, 2.75) is 6.54 Å². The van der Waals surface area contributed by atoms with Crippen molar-refractivity contribution in [3.8, 4) is 0 Å². The molecule has 1 aromatic heterocycles. The molecule has 0 spiro atoms. The fourth-order valence-corrected chi connectivity index (χ4v) is 1.64. The Morgan fingerprint density at radius 1 is 1.62 bits per heavy atom. The van der Waals surface area contributed by atoms with Crippen LogP contribution in [0, 0.1) is 0 Å². The van der Waals surface area contributed by atoms with Gasteiger partial charge >= 0.3 is 5.97 Å². The summed E-state index contributed by atoms with van der Waals surface area (Å²) in [5.74, 6) is -0.436. The van der Waals surface area contributed by atoms with Gasteiger partial charge in [-0.3, -0.25) is 0 Å². The van der Waals surface area contributed by atoms with Crippen LogP contribution in [0.15, 0.2) is 11.3 Å². The quantitative estimate of drug-likeness (QED) is 0.513. The van der Waals surface area contributed by atoms with Gasteiger partial charge < -0.3 is 10.1 Å². The molecule has 2 rings (SSSR count). The third kappa shape index (κ3) is 1.68. The Labute approximate surface area is 92.7 Å². The highest BCUT2D eigenvalue weighted by molar-refractivity contribution is 6.01. The molecule has 3 N–H and O–H groups in total. The minimum atomic E-state index is -0.436. The van der Waals surface area contributed by atoms with E-state index < -0.39 is 5.97 Å². The molecule has 84 valence electrons. The second-order valence-corrected chi connectivity index (χ2v) is 3.39. The van der Waals surface area contributed by atoms with Gasteiger partial charge in [-0.15, -0.1) is 0 Å². The lowest BCUT2D eigenvalue weighted by Crippen LogP contribution is -2.70. The monoisotopic (exact) mass is 221 g/mol. The van der Waals surface area contributed by atoms with Crippen LogP contribution in [0.1, 0.15) is 21.6 Å². The normalized spacial score (nSPS) is 12.6. The number of aromatic nitrogens is 1. The second kappa shape index (κ2) is 4.38. The molecule has 0 fully saturated rings. The molecule has 0 amide bonds. The molecule has 0 atom stereocenters. The SMILES string of the molecule is CNCc1cnc(C(=O)OC)c2c1[NH2+]N=C2. The molecule has 0 saturated heterocycles. The number of carbonyl (C=O) groups is 1. The summed E-state index contributed by atoms with van der Waals surface area (Å²) in [6.07, 6.45) is 3.31.